The molecule has 0 aliphatic heterocycles. The van der Waals surface area contributed by atoms with Crippen molar-refractivity contribution in [3.63, 3.8) is 0 Å². The zero-order chi connectivity index (χ0) is 18.7. The number of likely N-dealkylation sites (N-methyl/N-ethyl adjacent to an activating group) is 1. The molecule has 0 bridgehead atoms. The largest absolute Gasteiger partial charge is 0.484 e. The van der Waals surface area contributed by atoms with Gasteiger partial charge < -0.3 is 19.4 Å². The number of amides is 1. The maximum atomic E-state index is 12.1. The van der Waals surface area contributed by atoms with E-state index in [2.05, 4.69) is 24.1 Å². The fraction of sp³-hybridized carbons (Fsp3) is 0.571. The molecule has 0 saturated carbocycles. The average molecular weight is 358 g/mol. The Hall–Kier alpha value is -2.01. The third-order valence-electron chi connectivity index (χ3n) is 5.24. The lowest BCUT2D eigenvalue weighted by molar-refractivity contribution is -0.123. The predicted octanol–water partition coefficient (Wildman–Crippen LogP) is 3.39. The van der Waals surface area contributed by atoms with Crippen LogP contribution in [0, 0.1) is 5.92 Å². The van der Waals surface area contributed by atoms with Gasteiger partial charge in [0.15, 0.2) is 6.61 Å². The van der Waals surface area contributed by atoms with Crippen LogP contribution >= 0.6 is 0 Å². The van der Waals surface area contributed by atoms with E-state index in [1.54, 1.807) is 0 Å². The summed E-state index contributed by atoms with van der Waals surface area (Å²) < 4.78 is 11.7. The molecule has 0 saturated heterocycles. The van der Waals surface area contributed by atoms with Crippen LogP contribution < -0.4 is 10.1 Å². The van der Waals surface area contributed by atoms with Crippen molar-refractivity contribution in [3.05, 3.63) is 29.5 Å². The number of carbonyl (C=O) groups is 1. The van der Waals surface area contributed by atoms with Gasteiger partial charge in [-0.25, -0.2) is 0 Å². The Morgan fingerprint density at radius 3 is 2.77 bits per heavy atom. The molecule has 1 atom stereocenters. The van der Waals surface area contributed by atoms with E-state index in [0.29, 0.717) is 18.5 Å². The number of nitrogens with zero attached hydrogens (tertiary/aromatic N) is 1. The lowest BCUT2D eigenvalue weighted by atomic mass is 9.96. The quantitative estimate of drug-likeness (QED) is 0.824. The molecule has 26 heavy (non-hydrogen) atoms. The summed E-state index contributed by atoms with van der Waals surface area (Å²) in [5.41, 5.74) is 2.23. The Morgan fingerprint density at radius 1 is 1.27 bits per heavy atom. The fourth-order valence-corrected chi connectivity index (χ4v) is 3.76. The maximum absolute atomic E-state index is 12.1. The van der Waals surface area contributed by atoms with Crippen LogP contribution in [0.4, 0.5) is 0 Å². The summed E-state index contributed by atoms with van der Waals surface area (Å²) in [5, 5.41) is 4.10. The molecule has 1 aromatic carbocycles. The minimum absolute atomic E-state index is 0.0315. The molecule has 0 spiro atoms. The maximum Gasteiger partial charge on any atom is 0.257 e. The Labute approximate surface area is 155 Å². The van der Waals surface area contributed by atoms with Gasteiger partial charge in [0, 0.05) is 30.0 Å². The highest BCUT2D eigenvalue weighted by molar-refractivity contribution is 5.84. The molecule has 0 fully saturated rings. The molecule has 1 aliphatic rings. The SMILES string of the molecule is CC(C)[C@H](CNC(=O)COc1ccc2oc3c(c2c1)CCCC3)N(C)C. The second-order valence-electron chi connectivity index (χ2n) is 7.74. The molecular formula is C21H30N2O3. The Balaban J connectivity index is 1.58. The normalized spacial score (nSPS) is 15.3. The third kappa shape index (κ3) is 4.21. The van der Waals surface area contributed by atoms with Crippen LogP contribution in [0.25, 0.3) is 11.0 Å². The molecule has 3 rings (SSSR count). The molecule has 1 aromatic heterocycles. The summed E-state index contributed by atoms with van der Waals surface area (Å²) in [6.45, 7) is 4.98. The van der Waals surface area contributed by atoms with Crippen molar-refractivity contribution < 1.29 is 13.9 Å². The highest BCUT2D eigenvalue weighted by atomic mass is 16.5. The molecule has 142 valence electrons. The summed E-state index contributed by atoms with van der Waals surface area (Å²) >= 11 is 0. The average Bonchev–Trinajstić information content (AvgIpc) is 2.97. The summed E-state index contributed by atoms with van der Waals surface area (Å²) in [6.07, 6.45) is 4.48. The van der Waals surface area contributed by atoms with Crippen LogP contribution in [0.1, 0.15) is 38.0 Å². The molecule has 0 unspecified atom stereocenters. The Kier molecular flexibility index (Phi) is 5.87. The summed E-state index contributed by atoms with van der Waals surface area (Å²) in [7, 11) is 4.07. The molecule has 2 aromatic rings. The van der Waals surface area contributed by atoms with E-state index in [-0.39, 0.29) is 12.5 Å². The third-order valence-corrected chi connectivity index (χ3v) is 5.24. The van der Waals surface area contributed by atoms with Gasteiger partial charge in [-0.2, -0.15) is 0 Å². The lowest BCUT2D eigenvalue weighted by Gasteiger charge is -2.28. The molecule has 5 heteroatoms. The van der Waals surface area contributed by atoms with Crippen LogP contribution in [0.3, 0.4) is 0 Å². The van der Waals surface area contributed by atoms with Crippen LogP contribution in [0.5, 0.6) is 5.75 Å². The van der Waals surface area contributed by atoms with Crippen LogP contribution in [-0.2, 0) is 17.6 Å². The van der Waals surface area contributed by atoms with E-state index in [1.165, 1.54) is 18.4 Å². The molecule has 1 aliphatic carbocycles. The predicted molar refractivity (Wildman–Crippen MR) is 104 cm³/mol. The van der Waals surface area contributed by atoms with E-state index in [4.69, 9.17) is 9.15 Å². The second kappa shape index (κ2) is 8.12. The second-order valence-corrected chi connectivity index (χ2v) is 7.74. The lowest BCUT2D eigenvalue weighted by Crippen LogP contribution is -2.44. The van der Waals surface area contributed by atoms with Crippen LogP contribution in [0.15, 0.2) is 22.6 Å². The molecule has 5 nitrogen and oxygen atoms in total. The molecule has 1 amide bonds. The number of carbonyl (C=O) groups excluding carboxylic acids is 1. The number of hydrogen-bond donors (Lipinski definition) is 1. The van der Waals surface area contributed by atoms with Gasteiger partial charge in [-0.1, -0.05) is 13.8 Å². The first-order chi connectivity index (χ1) is 12.5. The number of fused-ring (bicyclic) bond motifs is 3. The number of rotatable bonds is 7. The van der Waals surface area contributed by atoms with Gasteiger partial charge in [-0.3, -0.25) is 4.79 Å². The van der Waals surface area contributed by atoms with Crippen molar-refractivity contribution in [2.75, 3.05) is 27.2 Å². The zero-order valence-corrected chi connectivity index (χ0v) is 16.3. The van der Waals surface area contributed by atoms with E-state index in [9.17, 15) is 4.79 Å². The molecule has 1 N–H and O–H groups in total. The number of furan rings is 1. The van der Waals surface area contributed by atoms with Gasteiger partial charge in [0.25, 0.3) is 5.91 Å². The monoisotopic (exact) mass is 358 g/mol. The van der Waals surface area contributed by atoms with Crippen molar-refractivity contribution in [2.24, 2.45) is 5.92 Å². The molecule has 0 radical (unpaired) electrons. The summed E-state index contributed by atoms with van der Waals surface area (Å²) in [5.74, 6) is 2.21. The van der Waals surface area contributed by atoms with Gasteiger partial charge in [0.1, 0.15) is 17.1 Å². The highest BCUT2D eigenvalue weighted by Gasteiger charge is 2.19. The Bertz CT molecular complexity index is 756. The standard InChI is InChI=1S/C21H30N2O3/c1-14(2)18(23(3)4)12-22-21(24)13-25-15-9-10-20-17(11-15)16-7-5-6-8-19(16)26-20/h9-11,14,18H,5-8,12-13H2,1-4H3,(H,22,24)/t18-/m0/s1. The van der Waals surface area contributed by atoms with Crippen molar-refractivity contribution in [1.29, 1.82) is 0 Å². The van der Waals surface area contributed by atoms with Gasteiger partial charge in [0.05, 0.1) is 0 Å². The fourth-order valence-electron chi connectivity index (χ4n) is 3.76. The first kappa shape index (κ1) is 18.8. The topological polar surface area (TPSA) is 54.7 Å². The van der Waals surface area contributed by atoms with Crippen molar-refractivity contribution in [3.8, 4) is 5.75 Å². The first-order valence-corrected chi connectivity index (χ1v) is 9.56. The van der Waals surface area contributed by atoms with Crippen molar-refractivity contribution >= 4 is 16.9 Å². The van der Waals surface area contributed by atoms with Crippen LogP contribution in [0.2, 0.25) is 0 Å². The number of nitrogens with one attached hydrogen (secondary N) is 1. The highest BCUT2D eigenvalue weighted by Crippen LogP contribution is 2.33. The number of hydrogen-bond acceptors (Lipinski definition) is 4. The summed E-state index contributed by atoms with van der Waals surface area (Å²) in [4.78, 5) is 14.3. The van der Waals surface area contributed by atoms with E-state index < -0.39 is 0 Å². The first-order valence-electron chi connectivity index (χ1n) is 9.56. The van der Waals surface area contributed by atoms with Gasteiger partial charge >= 0.3 is 0 Å². The zero-order valence-electron chi connectivity index (χ0n) is 16.3. The minimum atomic E-state index is -0.0909. The minimum Gasteiger partial charge on any atom is -0.484 e. The smallest absolute Gasteiger partial charge is 0.257 e. The van der Waals surface area contributed by atoms with Crippen molar-refractivity contribution in [2.45, 2.75) is 45.6 Å². The van der Waals surface area contributed by atoms with Crippen LogP contribution in [-0.4, -0.2) is 44.1 Å². The van der Waals surface area contributed by atoms with Gasteiger partial charge in [-0.15, -0.1) is 0 Å². The summed E-state index contributed by atoms with van der Waals surface area (Å²) in [6, 6.07) is 6.14. The molecule has 1 heterocycles. The van der Waals surface area contributed by atoms with Gasteiger partial charge in [-0.05, 0) is 57.5 Å². The van der Waals surface area contributed by atoms with E-state index in [1.807, 2.05) is 32.3 Å². The number of ether oxygens (including phenoxy) is 1. The van der Waals surface area contributed by atoms with E-state index in [0.717, 1.165) is 35.3 Å². The number of benzene rings is 1. The van der Waals surface area contributed by atoms with Gasteiger partial charge in [0.2, 0.25) is 0 Å². The van der Waals surface area contributed by atoms with Crippen molar-refractivity contribution in [1.82, 2.24) is 10.2 Å². The Morgan fingerprint density at radius 2 is 2.04 bits per heavy atom. The molecular weight excluding hydrogens is 328 g/mol. The van der Waals surface area contributed by atoms with E-state index >= 15 is 0 Å². The number of aryl methyl sites for hydroxylation is 2.